The Morgan fingerprint density at radius 2 is 1.19 bits per heavy atom. The van der Waals surface area contributed by atoms with Gasteiger partial charge in [-0.15, -0.1) is 0 Å². The van der Waals surface area contributed by atoms with Gasteiger partial charge in [0.1, 0.15) is 36.8 Å². The van der Waals surface area contributed by atoms with Crippen LogP contribution in [0, 0.1) is 0 Å². The van der Waals surface area contributed by atoms with Crippen molar-refractivity contribution in [3.63, 3.8) is 0 Å². The second-order valence-electron chi connectivity index (χ2n) is 10.8. The molecule has 0 radical (unpaired) electrons. The Morgan fingerprint density at radius 1 is 0.623 bits per heavy atom. The largest absolute Gasteiger partial charge is 0.481 e. The molecular formula is C28H44N6O18S. The van der Waals surface area contributed by atoms with Gasteiger partial charge in [-0.05, 0) is 19.3 Å². The number of carbonyl (C=O) groups excluding carboxylic acids is 7. The first-order valence-electron chi connectivity index (χ1n) is 15.7. The molecule has 0 saturated heterocycles. The smallest absolute Gasteiger partial charge is 0.326 e. The first kappa shape index (κ1) is 47.7. The van der Waals surface area contributed by atoms with Crippen LogP contribution in [0.4, 0.5) is 0 Å². The van der Waals surface area contributed by atoms with Gasteiger partial charge in [0.05, 0.1) is 32.9 Å². The molecule has 0 aromatic heterocycles. The SMILES string of the molecule is O=CCNC(=O)CNC(=O)CCC(NC(=O)COCCOCCNC(=O)CCC(NC(=O)C(CS(=O)(=O)O)NC(=O)CCCC(=O)O)C(=O)O)C(=O)O. The van der Waals surface area contributed by atoms with Crippen LogP contribution in [0.25, 0.3) is 0 Å². The highest BCUT2D eigenvalue weighted by Gasteiger charge is 2.30. The molecule has 0 aliphatic heterocycles. The van der Waals surface area contributed by atoms with Crippen molar-refractivity contribution in [2.75, 3.05) is 51.8 Å². The molecule has 3 unspecified atom stereocenters. The van der Waals surface area contributed by atoms with Gasteiger partial charge in [0.25, 0.3) is 10.1 Å². The summed E-state index contributed by atoms with van der Waals surface area (Å²) in [6.07, 6.45) is -2.02. The number of carboxylic acids is 3. The van der Waals surface area contributed by atoms with Crippen LogP contribution in [-0.4, -0.2) is 158 Å². The molecule has 0 bridgehead atoms. The second-order valence-corrected chi connectivity index (χ2v) is 12.3. The van der Waals surface area contributed by atoms with Crippen LogP contribution >= 0.6 is 0 Å². The van der Waals surface area contributed by atoms with Gasteiger partial charge in [-0.25, -0.2) is 9.59 Å². The van der Waals surface area contributed by atoms with E-state index in [-0.39, 0.29) is 52.2 Å². The summed E-state index contributed by atoms with van der Waals surface area (Å²) in [6, 6.07) is -5.07. The summed E-state index contributed by atoms with van der Waals surface area (Å²) in [6.45, 7) is -1.48. The van der Waals surface area contributed by atoms with Crippen molar-refractivity contribution in [3.05, 3.63) is 0 Å². The van der Waals surface area contributed by atoms with Crippen molar-refractivity contribution in [3.8, 4) is 0 Å². The molecule has 6 amide bonds. The Morgan fingerprint density at radius 3 is 1.75 bits per heavy atom. The first-order valence-corrected chi connectivity index (χ1v) is 17.4. The predicted molar refractivity (Wildman–Crippen MR) is 174 cm³/mol. The third kappa shape index (κ3) is 26.2. The van der Waals surface area contributed by atoms with E-state index in [0.717, 1.165) is 0 Å². The fourth-order valence-electron chi connectivity index (χ4n) is 3.86. The molecule has 10 N–H and O–H groups in total. The Balaban J connectivity index is 4.47. The van der Waals surface area contributed by atoms with E-state index in [2.05, 4.69) is 21.3 Å². The van der Waals surface area contributed by atoms with Crippen LogP contribution < -0.4 is 31.9 Å². The normalized spacial score (nSPS) is 12.5. The van der Waals surface area contributed by atoms with Crippen molar-refractivity contribution in [1.82, 2.24) is 31.9 Å². The van der Waals surface area contributed by atoms with Gasteiger partial charge in [0.15, 0.2) is 0 Å². The number of carboxylic acid groups (broad SMARTS) is 3. The summed E-state index contributed by atoms with van der Waals surface area (Å²) in [5, 5.41) is 40.4. The van der Waals surface area contributed by atoms with E-state index in [1.165, 1.54) is 0 Å². The molecule has 0 aromatic carbocycles. The van der Waals surface area contributed by atoms with E-state index in [4.69, 9.17) is 19.1 Å². The highest BCUT2D eigenvalue weighted by atomic mass is 32.2. The Kier molecular flexibility index (Phi) is 23.9. The average Bonchev–Trinajstić information content (AvgIpc) is 3.06. The lowest BCUT2D eigenvalue weighted by atomic mass is 10.1. The fourth-order valence-corrected chi connectivity index (χ4v) is 4.51. The van der Waals surface area contributed by atoms with Crippen LogP contribution in [0.1, 0.15) is 44.9 Å². The van der Waals surface area contributed by atoms with Gasteiger partial charge in [-0.3, -0.25) is 38.1 Å². The maximum absolute atomic E-state index is 12.6. The number of aldehydes is 1. The topological polar surface area (TPSA) is 376 Å². The first-order chi connectivity index (χ1) is 24.8. The zero-order chi connectivity index (χ0) is 40.4. The molecule has 0 fully saturated rings. The van der Waals surface area contributed by atoms with Gasteiger partial charge in [0.2, 0.25) is 35.4 Å². The van der Waals surface area contributed by atoms with E-state index in [1.807, 2.05) is 10.6 Å². The van der Waals surface area contributed by atoms with Gasteiger partial charge < -0.3 is 61.5 Å². The zero-order valence-electron chi connectivity index (χ0n) is 28.3. The molecule has 25 heteroatoms. The van der Waals surface area contributed by atoms with E-state index in [0.29, 0.717) is 6.29 Å². The number of amides is 6. The molecule has 0 aliphatic rings. The van der Waals surface area contributed by atoms with E-state index < -0.39 is 126 Å². The number of nitrogens with one attached hydrogen (secondary N) is 6. The summed E-state index contributed by atoms with van der Waals surface area (Å²) in [4.78, 5) is 116. The lowest BCUT2D eigenvalue weighted by Gasteiger charge is -2.20. The number of carbonyl (C=O) groups is 10. The van der Waals surface area contributed by atoms with E-state index in [9.17, 15) is 66.6 Å². The highest BCUT2D eigenvalue weighted by Crippen LogP contribution is 2.03. The van der Waals surface area contributed by atoms with Crippen molar-refractivity contribution >= 4 is 69.8 Å². The second kappa shape index (κ2) is 26.5. The Bertz CT molecular complexity index is 1410. The lowest BCUT2D eigenvalue weighted by molar-refractivity contribution is -0.143. The van der Waals surface area contributed by atoms with Crippen LogP contribution in [0.15, 0.2) is 0 Å². The van der Waals surface area contributed by atoms with Crippen LogP contribution in [-0.2, 0) is 67.5 Å². The Labute approximate surface area is 302 Å². The lowest BCUT2D eigenvalue weighted by Crippen LogP contribution is -2.54. The van der Waals surface area contributed by atoms with Crippen LogP contribution in [0.5, 0.6) is 0 Å². The molecule has 24 nitrogen and oxygen atoms in total. The molecule has 300 valence electrons. The molecular weight excluding hydrogens is 740 g/mol. The summed E-state index contributed by atoms with van der Waals surface area (Å²) >= 11 is 0. The molecule has 3 atom stereocenters. The maximum atomic E-state index is 12.6. The van der Waals surface area contributed by atoms with Gasteiger partial charge >= 0.3 is 17.9 Å². The highest BCUT2D eigenvalue weighted by molar-refractivity contribution is 7.85. The predicted octanol–water partition coefficient (Wildman–Crippen LogP) is -5.11. The number of hydrogen-bond donors (Lipinski definition) is 10. The van der Waals surface area contributed by atoms with Gasteiger partial charge in [-0.2, -0.15) is 8.42 Å². The zero-order valence-corrected chi connectivity index (χ0v) is 29.1. The average molecular weight is 785 g/mol. The Hall–Kier alpha value is -5.27. The van der Waals surface area contributed by atoms with Crippen molar-refractivity contribution < 1.29 is 85.7 Å². The quantitative estimate of drug-likeness (QED) is 0.0185. The molecule has 0 saturated carbocycles. The van der Waals surface area contributed by atoms with E-state index >= 15 is 0 Å². The van der Waals surface area contributed by atoms with Gasteiger partial charge in [-0.1, -0.05) is 0 Å². The minimum atomic E-state index is -4.84. The third-order valence-electron chi connectivity index (χ3n) is 6.39. The molecule has 0 aromatic rings. The summed E-state index contributed by atoms with van der Waals surface area (Å²) in [7, 11) is -4.84. The minimum Gasteiger partial charge on any atom is -0.481 e. The molecule has 0 spiro atoms. The van der Waals surface area contributed by atoms with Crippen LogP contribution in [0.3, 0.4) is 0 Å². The summed E-state index contributed by atoms with van der Waals surface area (Å²) < 4.78 is 42.1. The summed E-state index contributed by atoms with van der Waals surface area (Å²) in [5.41, 5.74) is 0. The molecule has 53 heavy (non-hydrogen) atoms. The molecule has 0 heterocycles. The summed E-state index contributed by atoms with van der Waals surface area (Å²) in [5.74, 6) is -10.5. The van der Waals surface area contributed by atoms with Gasteiger partial charge in [0, 0.05) is 32.2 Å². The molecule has 0 aliphatic carbocycles. The maximum Gasteiger partial charge on any atom is 0.326 e. The number of aliphatic carboxylic acids is 3. The minimum absolute atomic E-state index is 0.0498. The van der Waals surface area contributed by atoms with Crippen molar-refractivity contribution in [2.45, 2.75) is 63.1 Å². The van der Waals surface area contributed by atoms with E-state index in [1.54, 1.807) is 0 Å². The van der Waals surface area contributed by atoms with Crippen molar-refractivity contribution in [2.24, 2.45) is 0 Å². The number of ether oxygens (including phenoxy) is 2. The fraction of sp³-hybridized carbons (Fsp3) is 0.643. The number of hydrogen-bond acceptors (Lipinski definition) is 14. The standard InChI is InChI=1S/C28H44N6O18S/c35-10-8-29-23(39)14-31-21(37)7-4-17(27(44)45)32-24(40)15-52-13-12-51-11-9-30-20(36)6-5-18(28(46)47)34-26(43)19(16-53(48,49)50)33-22(38)2-1-3-25(41)42/h10,17-19H,1-9,11-16H2,(H,29,39)(H,30,36)(H,31,37)(H,32,40)(H,33,38)(H,34,43)(H,41,42)(H,44,45)(H,46,47)(H,48,49,50). The molecule has 0 rings (SSSR count). The number of rotatable bonds is 30. The third-order valence-corrected chi connectivity index (χ3v) is 7.15. The van der Waals surface area contributed by atoms with Crippen LogP contribution in [0.2, 0.25) is 0 Å². The monoisotopic (exact) mass is 784 g/mol. The van der Waals surface area contributed by atoms with Crippen molar-refractivity contribution in [1.29, 1.82) is 0 Å².